The molecule has 1 atom stereocenters. The van der Waals surface area contributed by atoms with Crippen molar-refractivity contribution in [3.63, 3.8) is 0 Å². The van der Waals surface area contributed by atoms with Gasteiger partial charge in [0.15, 0.2) is 0 Å². The highest BCUT2D eigenvalue weighted by molar-refractivity contribution is 5.87. The predicted octanol–water partition coefficient (Wildman–Crippen LogP) is 4.32. The second-order valence-electron chi connectivity index (χ2n) is 8.23. The number of aromatic amines is 1. The van der Waals surface area contributed by atoms with E-state index in [1.165, 1.54) is 6.08 Å². The van der Waals surface area contributed by atoms with Gasteiger partial charge in [0.2, 0.25) is 5.91 Å². The number of nitrogens with one attached hydrogen (secondary N) is 1. The summed E-state index contributed by atoms with van der Waals surface area (Å²) in [6.07, 6.45) is 3.91. The van der Waals surface area contributed by atoms with Crippen LogP contribution in [0.4, 0.5) is 0 Å². The Labute approximate surface area is 191 Å². The normalized spacial score (nSPS) is 15.7. The minimum absolute atomic E-state index is 0.0619. The third-order valence-electron chi connectivity index (χ3n) is 6.07. The van der Waals surface area contributed by atoms with Crippen molar-refractivity contribution in [2.75, 3.05) is 13.1 Å². The van der Waals surface area contributed by atoms with Gasteiger partial charge in [0.05, 0.1) is 22.9 Å². The summed E-state index contributed by atoms with van der Waals surface area (Å²) in [4.78, 5) is 34.1. The first-order valence-electron chi connectivity index (χ1n) is 10.9. The van der Waals surface area contributed by atoms with Gasteiger partial charge in [-0.25, -0.2) is 4.79 Å². The van der Waals surface area contributed by atoms with Gasteiger partial charge in [0, 0.05) is 24.7 Å². The Morgan fingerprint density at radius 1 is 1.21 bits per heavy atom. The second-order valence-corrected chi connectivity index (χ2v) is 8.23. The Balaban J connectivity index is 1.44. The van der Waals surface area contributed by atoms with E-state index < -0.39 is 0 Å². The third-order valence-corrected chi connectivity index (χ3v) is 6.07. The van der Waals surface area contributed by atoms with E-state index in [-0.39, 0.29) is 17.5 Å². The molecule has 33 heavy (non-hydrogen) atoms. The quantitative estimate of drug-likeness (QED) is 0.469. The number of nitrogens with zero attached hydrogens (tertiary/aromatic N) is 3. The molecular weight excluding hydrogens is 416 g/mol. The molecule has 1 unspecified atom stereocenters. The van der Waals surface area contributed by atoms with Crippen molar-refractivity contribution in [2.24, 2.45) is 0 Å². The van der Waals surface area contributed by atoms with Gasteiger partial charge in [-0.3, -0.25) is 14.3 Å². The molecule has 1 aliphatic rings. The maximum Gasteiger partial charge on any atom is 0.331 e. The van der Waals surface area contributed by atoms with Gasteiger partial charge in [-0.1, -0.05) is 24.8 Å². The molecule has 1 amide bonds. The van der Waals surface area contributed by atoms with E-state index in [2.05, 4.69) is 16.5 Å². The highest BCUT2D eigenvalue weighted by Crippen LogP contribution is 2.29. The molecule has 0 saturated carbocycles. The standard InChI is InChI=1S/C26H24N4O3/c1-3-25(31)29-12-11-18(16-29)21-14-22-23(15-27-21)30(26(32)28-22)19-9-10-24(17(2)13-19)33-20-7-5-4-6-8-20/h3-10,13-15,18H,1,11-12,16H2,2H3,(H,28,32). The van der Waals surface area contributed by atoms with Crippen LogP contribution in [0.2, 0.25) is 0 Å². The number of aromatic nitrogens is 3. The molecule has 4 aromatic rings. The molecule has 1 N–H and O–H groups in total. The van der Waals surface area contributed by atoms with E-state index in [1.807, 2.05) is 61.5 Å². The zero-order valence-electron chi connectivity index (χ0n) is 18.3. The molecule has 2 aromatic heterocycles. The number of carbonyl (C=O) groups excluding carboxylic acids is 1. The van der Waals surface area contributed by atoms with Gasteiger partial charge in [-0.05, 0) is 61.4 Å². The molecule has 1 fully saturated rings. The van der Waals surface area contributed by atoms with E-state index in [9.17, 15) is 9.59 Å². The lowest BCUT2D eigenvalue weighted by atomic mass is 10.0. The van der Waals surface area contributed by atoms with Crippen LogP contribution >= 0.6 is 0 Å². The Hall–Kier alpha value is -4.13. The number of hydrogen-bond donors (Lipinski definition) is 1. The molecule has 5 rings (SSSR count). The van der Waals surface area contributed by atoms with Crippen LogP contribution < -0.4 is 10.4 Å². The number of rotatable bonds is 5. The molecule has 0 radical (unpaired) electrons. The van der Waals surface area contributed by atoms with Crippen molar-refractivity contribution >= 4 is 16.9 Å². The number of carbonyl (C=O) groups is 1. The number of ether oxygens (including phenoxy) is 1. The van der Waals surface area contributed by atoms with Crippen molar-refractivity contribution < 1.29 is 9.53 Å². The molecule has 3 heterocycles. The van der Waals surface area contributed by atoms with E-state index in [0.717, 1.165) is 40.4 Å². The lowest BCUT2D eigenvalue weighted by Crippen LogP contribution is -2.26. The lowest BCUT2D eigenvalue weighted by molar-refractivity contribution is -0.125. The molecule has 166 valence electrons. The predicted molar refractivity (Wildman–Crippen MR) is 127 cm³/mol. The number of benzene rings is 2. The summed E-state index contributed by atoms with van der Waals surface area (Å²) < 4.78 is 7.58. The minimum Gasteiger partial charge on any atom is -0.457 e. The SMILES string of the molecule is C=CC(=O)N1CCC(c2cc3[nH]c(=O)n(-c4ccc(Oc5ccccc5)c(C)c4)c3cn2)C1. The number of imidazole rings is 1. The van der Waals surface area contributed by atoms with Crippen LogP contribution in [0.15, 0.2) is 78.2 Å². The zero-order chi connectivity index (χ0) is 22.9. The third kappa shape index (κ3) is 3.93. The Morgan fingerprint density at radius 3 is 2.79 bits per heavy atom. The molecule has 0 aliphatic carbocycles. The van der Waals surface area contributed by atoms with Crippen LogP contribution in [0.3, 0.4) is 0 Å². The number of para-hydroxylation sites is 1. The number of aryl methyl sites for hydroxylation is 1. The largest absolute Gasteiger partial charge is 0.457 e. The Kier molecular flexibility index (Phi) is 5.30. The van der Waals surface area contributed by atoms with Crippen molar-refractivity contribution in [1.82, 2.24) is 19.4 Å². The highest BCUT2D eigenvalue weighted by Gasteiger charge is 2.27. The van der Waals surface area contributed by atoms with Crippen LogP contribution in [0.1, 0.15) is 23.6 Å². The monoisotopic (exact) mass is 440 g/mol. The lowest BCUT2D eigenvalue weighted by Gasteiger charge is -2.14. The second kappa shape index (κ2) is 8.43. The van der Waals surface area contributed by atoms with E-state index >= 15 is 0 Å². The van der Waals surface area contributed by atoms with Gasteiger partial charge in [0.1, 0.15) is 11.5 Å². The fourth-order valence-corrected chi connectivity index (χ4v) is 4.34. The number of amides is 1. The number of pyridine rings is 1. The summed E-state index contributed by atoms with van der Waals surface area (Å²) in [6.45, 7) is 6.80. The maximum atomic E-state index is 12.8. The summed E-state index contributed by atoms with van der Waals surface area (Å²) in [7, 11) is 0. The van der Waals surface area contributed by atoms with Crippen molar-refractivity contribution in [3.8, 4) is 17.2 Å². The minimum atomic E-state index is -0.227. The summed E-state index contributed by atoms with van der Waals surface area (Å²) in [5, 5.41) is 0. The van der Waals surface area contributed by atoms with Crippen LogP contribution in [0, 0.1) is 6.92 Å². The summed E-state index contributed by atoms with van der Waals surface area (Å²) >= 11 is 0. The average molecular weight is 441 g/mol. The molecule has 1 aliphatic heterocycles. The molecule has 7 heteroatoms. The number of fused-ring (bicyclic) bond motifs is 1. The van der Waals surface area contributed by atoms with Gasteiger partial charge >= 0.3 is 5.69 Å². The van der Waals surface area contributed by atoms with Gasteiger partial charge in [-0.2, -0.15) is 0 Å². The van der Waals surface area contributed by atoms with Crippen LogP contribution in [0.25, 0.3) is 16.7 Å². The first kappa shape index (κ1) is 20.8. The van der Waals surface area contributed by atoms with Crippen molar-refractivity contribution in [3.05, 3.63) is 95.2 Å². The smallest absolute Gasteiger partial charge is 0.331 e. The van der Waals surface area contributed by atoms with Crippen LogP contribution in [0.5, 0.6) is 11.5 Å². The van der Waals surface area contributed by atoms with E-state index in [1.54, 1.807) is 15.7 Å². The Bertz CT molecular complexity index is 1400. The number of hydrogen-bond acceptors (Lipinski definition) is 4. The topological polar surface area (TPSA) is 80.2 Å². The Morgan fingerprint density at radius 2 is 2.03 bits per heavy atom. The van der Waals surface area contributed by atoms with Crippen molar-refractivity contribution in [2.45, 2.75) is 19.3 Å². The number of likely N-dealkylation sites (tertiary alicyclic amines) is 1. The molecule has 7 nitrogen and oxygen atoms in total. The highest BCUT2D eigenvalue weighted by atomic mass is 16.5. The van der Waals surface area contributed by atoms with Gasteiger partial charge in [-0.15, -0.1) is 0 Å². The number of H-pyrrole nitrogens is 1. The molecule has 0 spiro atoms. The van der Waals surface area contributed by atoms with Gasteiger partial charge in [0.25, 0.3) is 0 Å². The fraction of sp³-hybridized carbons (Fsp3) is 0.192. The molecule has 1 saturated heterocycles. The summed E-state index contributed by atoms with van der Waals surface area (Å²) in [5.74, 6) is 1.57. The zero-order valence-corrected chi connectivity index (χ0v) is 18.3. The summed E-state index contributed by atoms with van der Waals surface area (Å²) in [5.41, 5.74) is 3.73. The summed E-state index contributed by atoms with van der Waals surface area (Å²) in [6, 6.07) is 17.2. The average Bonchev–Trinajstić information content (AvgIpc) is 3.44. The van der Waals surface area contributed by atoms with Crippen LogP contribution in [-0.4, -0.2) is 38.4 Å². The first-order valence-corrected chi connectivity index (χ1v) is 10.9. The molecule has 2 aromatic carbocycles. The maximum absolute atomic E-state index is 12.8. The molecular formula is C26H24N4O3. The first-order chi connectivity index (χ1) is 16.0. The van der Waals surface area contributed by atoms with Crippen molar-refractivity contribution in [1.29, 1.82) is 0 Å². The van der Waals surface area contributed by atoms with E-state index in [0.29, 0.717) is 18.6 Å². The van der Waals surface area contributed by atoms with Crippen LogP contribution in [-0.2, 0) is 4.79 Å². The fourth-order valence-electron chi connectivity index (χ4n) is 4.34. The van der Waals surface area contributed by atoms with E-state index in [4.69, 9.17) is 4.74 Å². The molecule has 0 bridgehead atoms. The van der Waals surface area contributed by atoms with Gasteiger partial charge < -0.3 is 14.6 Å².